The zero-order valence-electron chi connectivity index (χ0n) is 13.5. The van der Waals surface area contributed by atoms with E-state index in [2.05, 4.69) is 0 Å². The van der Waals surface area contributed by atoms with Crippen molar-refractivity contribution in [2.24, 2.45) is 0 Å². The van der Waals surface area contributed by atoms with Gasteiger partial charge in [-0.1, -0.05) is 29.8 Å². The molecule has 0 spiro atoms. The summed E-state index contributed by atoms with van der Waals surface area (Å²) in [4.78, 5) is 14.6. The number of hydrogen-bond acceptors (Lipinski definition) is 2. The van der Waals surface area contributed by atoms with Crippen LogP contribution in [0.25, 0.3) is 0 Å². The van der Waals surface area contributed by atoms with Gasteiger partial charge in [-0.3, -0.25) is 4.79 Å². The van der Waals surface area contributed by atoms with Crippen molar-refractivity contribution in [2.75, 3.05) is 7.11 Å². The van der Waals surface area contributed by atoms with Gasteiger partial charge >= 0.3 is 0 Å². The van der Waals surface area contributed by atoms with E-state index in [0.29, 0.717) is 22.8 Å². The first-order valence-electron chi connectivity index (χ1n) is 7.92. The monoisotopic (exact) mass is 347 g/mol. The highest BCUT2D eigenvalue weighted by molar-refractivity contribution is 6.31. The van der Waals surface area contributed by atoms with Crippen molar-refractivity contribution in [3.05, 3.63) is 70.0 Å². The molecule has 0 unspecified atom stereocenters. The quantitative estimate of drug-likeness (QED) is 0.773. The Morgan fingerprint density at radius 1 is 1.25 bits per heavy atom. The first-order valence-corrected chi connectivity index (χ1v) is 8.29. The molecule has 0 N–H and O–H groups in total. The molecular weight excluding hydrogens is 329 g/mol. The summed E-state index contributed by atoms with van der Waals surface area (Å²) in [5, 5.41) is 0.351. The minimum atomic E-state index is -0.378. The second kappa shape index (κ2) is 7.32. The summed E-state index contributed by atoms with van der Waals surface area (Å²) in [6, 6.07) is 12.1. The lowest BCUT2D eigenvalue weighted by atomic mass is 10.1. The maximum atomic E-state index is 14.1. The van der Waals surface area contributed by atoms with E-state index in [4.69, 9.17) is 16.3 Å². The van der Waals surface area contributed by atoms with Gasteiger partial charge < -0.3 is 9.64 Å². The van der Waals surface area contributed by atoms with Gasteiger partial charge in [-0.25, -0.2) is 4.39 Å². The van der Waals surface area contributed by atoms with Crippen molar-refractivity contribution < 1.29 is 13.9 Å². The predicted molar refractivity (Wildman–Crippen MR) is 91.5 cm³/mol. The molecular formula is C19H19ClFNO2. The molecule has 0 heterocycles. The summed E-state index contributed by atoms with van der Waals surface area (Å²) in [6.07, 6.45) is 1.89. The predicted octanol–water partition coefficient (Wildman–Crippen LogP) is 4.43. The highest BCUT2D eigenvalue weighted by atomic mass is 35.5. The molecule has 3 nitrogen and oxygen atoms in total. The topological polar surface area (TPSA) is 29.5 Å². The number of nitrogens with zero attached hydrogens (tertiary/aromatic N) is 1. The van der Waals surface area contributed by atoms with Crippen LogP contribution in [0.2, 0.25) is 5.02 Å². The number of halogens is 2. The van der Waals surface area contributed by atoms with Gasteiger partial charge in [0.15, 0.2) is 0 Å². The van der Waals surface area contributed by atoms with Gasteiger partial charge in [0.2, 0.25) is 0 Å². The van der Waals surface area contributed by atoms with E-state index in [1.165, 1.54) is 6.07 Å². The number of rotatable bonds is 6. The van der Waals surface area contributed by atoms with E-state index in [-0.39, 0.29) is 24.3 Å². The molecule has 0 bridgehead atoms. The van der Waals surface area contributed by atoms with E-state index in [9.17, 15) is 9.18 Å². The molecule has 1 aliphatic carbocycles. The SMILES string of the molecule is COCc1ccc(C(=O)N(Cc2c(F)cccc2Cl)C2CC2)cc1. The molecule has 5 heteroatoms. The minimum absolute atomic E-state index is 0.0965. The van der Waals surface area contributed by atoms with Crippen molar-refractivity contribution in [3.8, 4) is 0 Å². The van der Waals surface area contributed by atoms with Crippen molar-refractivity contribution in [2.45, 2.75) is 32.0 Å². The van der Waals surface area contributed by atoms with Gasteiger partial charge in [0.1, 0.15) is 5.82 Å². The van der Waals surface area contributed by atoms with Crippen LogP contribution < -0.4 is 0 Å². The van der Waals surface area contributed by atoms with E-state index in [0.717, 1.165) is 18.4 Å². The maximum absolute atomic E-state index is 14.1. The third-order valence-corrected chi connectivity index (χ3v) is 4.50. The second-order valence-electron chi connectivity index (χ2n) is 5.99. The fourth-order valence-electron chi connectivity index (χ4n) is 2.68. The number of amides is 1. The fraction of sp³-hybridized carbons (Fsp3) is 0.316. The van der Waals surface area contributed by atoms with Gasteiger partial charge in [0, 0.05) is 29.3 Å². The molecule has 1 amide bonds. The average molecular weight is 348 g/mol. The van der Waals surface area contributed by atoms with Crippen LogP contribution in [0.1, 0.15) is 34.3 Å². The largest absolute Gasteiger partial charge is 0.380 e. The lowest BCUT2D eigenvalue weighted by molar-refractivity contribution is 0.0728. The summed E-state index contributed by atoms with van der Waals surface area (Å²) >= 11 is 6.11. The Morgan fingerprint density at radius 2 is 1.96 bits per heavy atom. The summed E-state index contributed by atoms with van der Waals surface area (Å²) < 4.78 is 19.1. The minimum Gasteiger partial charge on any atom is -0.380 e. The molecule has 1 fully saturated rings. The van der Waals surface area contributed by atoms with Crippen LogP contribution in [-0.4, -0.2) is 24.0 Å². The van der Waals surface area contributed by atoms with E-state index < -0.39 is 0 Å². The molecule has 126 valence electrons. The van der Waals surface area contributed by atoms with Gasteiger partial charge in [0.05, 0.1) is 13.2 Å². The lowest BCUT2D eigenvalue weighted by Crippen LogP contribution is -2.33. The molecule has 1 aliphatic rings. The molecule has 0 aliphatic heterocycles. The first kappa shape index (κ1) is 16.9. The number of hydrogen-bond donors (Lipinski definition) is 0. The number of carbonyl (C=O) groups excluding carboxylic acids is 1. The number of methoxy groups -OCH3 is 1. The third kappa shape index (κ3) is 3.77. The molecule has 24 heavy (non-hydrogen) atoms. The van der Waals surface area contributed by atoms with Crippen LogP contribution in [0, 0.1) is 5.82 Å². The van der Waals surface area contributed by atoms with Gasteiger partial charge in [-0.15, -0.1) is 0 Å². The van der Waals surface area contributed by atoms with E-state index in [1.807, 2.05) is 12.1 Å². The Hall–Kier alpha value is -1.91. The maximum Gasteiger partial charge on any atom is 0.254 e. The molecule has 2 aromatic rings. The zero-order chi connectivity index (χ0) is 17.1. The smallest absolute Gasteiger partial charge is 0.254 e. The van der Waals surface area contributed by atoms with Crippen LogP contribution in [0.4, 0.5) is 4.39 Å². The first-order chi connectivity index (χ1) is 11.6. The second-order valence-corrected chi connectivity index (χ2v) is 6.40. The van der Waals surface area contributed by atoms with Gasteiger partial charge in [0.25, 0.3) is 5.91 Å². The third-order valence-electron chi connectivity index (χ3n) is 4.15. The number of ether oxygens (including phenoxy) is 1. The molecule has 1 saturated carbocycles. The molecule has 0 radical (unpaired) electrons. The highest BCUT2D eigenvalue weighted by Crippen LogP contribution is 2.32. The van der Waals surface area contributed by atoms with Crippen LogP contribution in [-0.2, 0) is 17.9 Å². The Morgan fingerprint density at radius 3 is 2.54 bits per heavy atom. The number of benzene rings is 2. The van der Waals surface area contributed by atoms with Crippen molar-refractivity contribution >= 4 is 17.5 Å². The number of carbonyl (C=O) groups is 1. The molecule has 2 aromatic carbocycles. The Balaban J connectivity index is 1.81. The van der Waals surface area contributed by atoms with E-state index >= 15 is 0 Å². The zero-order valence-corrected chi connectivity index (χ0v) is 14.2. The van der Waals surface area contributed by atoms with Crippen LogP contribution in [0.5, 0.6) is 0 Å². The van der Waals surface area contributed by atoms with E-state index in [1.54, 1.807) is 36.3 Å². The normalized spacial score (nSPS) is 13.8. The molecule has 3 rings (SSSR count). The Bertz CT molecular complexity index is 708. The van der Waals surface area contributed by atoms with Gasteiger partial charge in [-0.2, -0.15) is 0 Å². The summed E-state index contributed by atoms with van der Waals surface area (Å²) in [5.74, 6) is -0.475. The molecule has 0 aromatic heterocycles. The fourth-order valence-corrected chi connectivity index (χ4v) is 2.91. The summed E-state index contributed by atoms with van der Waals surface area (Å²) in [7, 11) is 1.63. The summed E-state index contributed by atoms with van der Waals surface area (Å²) in [5.41, 5.74) is 1.97. The van der Waals surface area contributed by atoms with Crippen molar-refractivity contribution in [1.82, 2.24) is 4.90 Å². The van der Waals surface area contributed by atoms with Crippen molar-refractivity contribution in [1.29, 1.82) is 0 Å². The average Bonchev–Trinajstić information content (AvgIpc) is 3.40. The lowest BCUT2D eigenvalue weighted by Gasteiger charge is -2.23. The van der Waals surface area contributed by atoms with Crippen LogP contribution in [0.3, 0.4) is 0 Å². The van der Waals surface area contributed by atoms with Crippen LogP contribution >= 0.6 is 11.6 Å². The van der Waals surface area contributed by atoms with Gasteiger partial charge in [-0.05, 0) is 42.7 Å². The van der Waals surface area contributed by atoms with Crippen molar-refractivity contribution in [3.63, 3.8) is 0 Å². The summed E-state index contributed by atoms with van der Waals surface area (Å²) in [6.45, 7) is 0.695. The standard InChI is InChI=1S/C19H19ClFNO2/c1-24-12-13-5-7-14(8-6-13)19(23)22(15-9-10-15)11-16-17(20)3-2-4-18(16)21/h2-8,15H,9-12H2,1H3. The molecule has 0 atom stereocenters. The highest BCUT2D eigenvalue weighted by Gasteiger charge is 2.34. The molecule has 0 saturated heterocycles. The Kier molecular flexibility index (Phi) is 5.17. The Labute approximate surface area is 146 Å². The van der Waals surface area contributed by atoms with Crippen LogP contribution in [0.15, 0.2) is 42.5 Å².